The van der Waals surface area contributed by atoms with Crippen LogP contribution in [0.15, 0.2) is 28.2 Å². The highest BCUT2D eigenvalue weighted by molar-refractivity contribution is 7.99. The van der Waals surface area contributed by atoms with Crippen LogP contribution in [0.1, 0.15) is 21.6 Å². The van der Waals surface area contributed by atoms with Gasteiger partial charge in [0.2, 0.25) is 5.91 Å². The molecule has 3 aromatic rings. The number of carbonyl (C=O) groups excluding carboxylic acids is 1. The quantitative estimate of drug-likeness (QED) is 0.544. The molecule has 2 heterocycles. The summed E-state index contributed by atoms with van der Waals surface area (Å²) < 4.78 is 1.53. The van der Waals surface area contributed by atoms with E-state index in [4.69, 9.17) is 0 Å². The van der Waals surface area contributed by atoms with Crippen molar-refractivity contribution in [3.63, 3.8) is 0 Å². The van der Waals surface area contributed by atoms with Gasteiger partial charge in [0.25, 0.3) is 5.56 Å². The zero-order valence-corrected chi connectivity index (χ0v) is 17.1. The number of aromatic nitrogens is 2. The van der Waals surface area contributed by atoms with Crippen molar-refractivity contribution < 1.29 is 4.79 Å². The van der Waals surface area contributed by atoms with Gasteiger partial charge in [0.15, 0.2) is 5.16 Å². The minimum Gasteiger partial charge on any atom is -0.325 e. The first-order valence-electron chi connectivity index (χ1n) is 8.25. The molecule has 0 atom stereocenters. The van der Waals surface area contributed by atoms with Gasteiger partial charge in [0, 0.05) is 17.6 Å². The molecule has 0 aliphatic carbocycles. The van der Waals surface area contributed by atoms with Crippen LogP contribution < -0.4 is 10.9 Å². The lowest BCUT2D eigenvalue weighted by Crippen LogP contribution is -2.21. The summed E-state index contributed by atoms with van der Waals surface area (Å²) in [6.07, 6.45) is 0. The van der Waals surface area contributed by atoms with Crippen molar-refractivity contribution in [3.8, 4) is 0 Å². The molecule has 0 fully saturated rings. The van der Waals surface area contributed by atoms with Gasteiger partial charge < -0.3 is 5.32 Å². The van der Waals surface area contributed by atoms with Crippen molar-refractivity contribution in [1.29, 1.82) is 0 Å². The van der Waals surface area contributed by atoms with Gasteiger partial charge in [0.05, 0.1) is 11.1 Å². The number of anilines is 1. The van der Waals surface area contributed by atoms with Crippen molar-refractivity contribution in [2.45, 2.75) is 32.9 Å². The molecule has 1 aromatic carbocycles. The van der Waals surface area contributed by atoms with Crippen LogP contribution in [0.2, 0.25) is 0 Å². The molecular weight excluding hydrogens is 366 g/mol. The van der Waals surface area contributed by atoms with Crippen molar-refractivity contribution in [1.82, 2.24) is 9.55 Å². The van der Waals surface area contributed by atoms with Gasteiger partial charge in [-0.3, -0.25) is 14.2 Å². The summed E-state index contributed by atoms with van der Waals surface area (Å²) in [5.41, 5.74) is 3.83. The minimum atomic E-state index is -0.111. The van der Waals surface area contributed by atoms with E-state index in [0.717, 1.165) is 32.1 Å². The number of hydrogen-bond donors (Lipinski definition) is 1. The number of rotatable bonds is 4. The van der Waals surface area contributed by atoms with Crippen LogP contribution >= 0.6 is 23.1 Å². The van der Waals surface area contributed by atoms with E-state index in [2.05, 4.69) is 10.3 Å². The van der Waals surface area contributed by atoms with Gasteiger partial charge >= 0.3 is 0 Å². The molecule has 0 unspecified atom stereocenters. The second-order valence-electron chi connectivity index (χ2n) is 6.33. The van der Waals surface area contributed by atoms with E-state index in [-0.39, 0.29) is 17.2 Å². The Labute approximate surface area is 160 Å². The predicted molar refractivity (Wildman–Crippen MR) is 110 cm³/mol. The topological polar surface area (TPSA) is 64.0 Å². The highest BCUT2D eigenvalue weighted by Crippen LogP contribution is 2.28. The van der Waals surface area contributed by atoms with E-state index < -0.39 is 0 Å². The first-order chi connectivity index (χ1) is 12.3. The molecule has 3 rings (SSSR count). The Balaban J connectivity index is 1.80. The van der Waals surface area contributed by atoms with Crippen molar-refractivity contribution >= 4 is 44.9 Å². The molecule has 1 amide bonds. The molecule has 5 nitrogen and oxygen atoms in total. The van der Waals surface area contributed by atoms with Gasteiger partial charge in [-0.15, -0.1) is 11.3 Å². The summed E-state index contributed by atoms with van der Waals surface area (Å²) in [5, 5.41) is 4.20. The second-order valence-corrected chi connectivity index (χ2v) is 8.47. The van der Waals surface area contributed by atoms with E-state index >= 15 is 0 Å². The molecule has 2 aromatic heterocycles. The average molecular weight is 388 g/mol. The van der Waals surface area contributed by atoms with Gasteiger partial charge in [0.1, 0.15) is 4.83 Å². The molecule has 0 bridgehead atoms. The number of carbonyl (C=O) groups is 1. The lowest BCUT2D eigenvalue weighted by atomic mass is 10.1. The normalized spacial score (nSPS) is 11.1. The molecule has 26 heavy (non-hydrogen) atoms. The summed E-state index contributed by atoms with van der Waals surface area (Å²) in [6, 6.07) is 5.90. The SMILES string of the molecule is Cc1cccc(C)c1NC(=O)CSc1nc2sc(C)c(C)c2c(=O)n1C. The van der Waals surface area contributed by atoms with Crippen LogP contribution in [-0.4, -0.2) is 21.2 Å². The van der Waals surface area contributed by atoms with Crippen molar-refractivity contribution in [3.05, 3.63) is 50.1 Å². The Bertz CT molecular complexity index is 1050. The van der Waals surface area contributed by atoms with Crippen LogP contribution in [0.25, 0.3) is 10.2 Å². The Morgan fingerprint density at radius 1 is 1.23 bits per heavy atom. The zero-order chi connectivity index (χ0) is 19.0. The molecule has 0 spiro atoms. The number of thiophene rings is 1. The number of benzene rings is 1. The summed E-state index contributed by atoms with van der Waals surface area (Å²) in [5.74, 6) is 0.0865. The van der Waals surface area contributed by atoms with Crippen molar-refractivity contribution in [2.75, 3.05) is 11.1 Å². The third kappa shape index (κ3) is 3.41. The van der Waals surface area contributed by atoms with E-state index in [9.17, 15) is 9.59 Å². The smallest absolute Gasteiger partial charge is 0.262 e. The van der Waals surface area contributed by atoms with E-state index in [0.29, 0.717) is 10.5 Å². The molecule has 0 aliphatic rings. The predicted octanol–water partition coefficient (Wildman–Crippen LogP) is 3.96. The molecule has 0 aliphatic heterocycles. The van der Waals surface area contributed by atoms with Gasteiger partial charge in [-0.2, -0.15) is 0 Å². The van der Waals surface area contributed by atoms with E-state index in [1.54, 1.807) is 7.05 Å². The number of para-hydroxylation sites is 1. The maximum Gasteiger partial charge on any atom is 0.262 e. The monoisotopic (exact) mass is 387 g/mol. The maximum absolute atomic E-state index is 12.6. The highest BCUT2D eigenvalue weighted by atomic mass is 32.2. The summed E-state index contributed by atoms with van der Waals surface area (Å²) in [4.78, 5) is 31.4. The van der Waals surface area contributed by atoms with E-state index in [1.807, 2.05) is 45.9 Å². The number of hydrogen-bond acceptors (Lipinski definition) is 5. The first kappa shape index (κ1) is 18.7. The molecule has 7 heteroatoms. The molecule has 1 N–H and O–H groups in total. The second kappa shape index (κ2) is 7.25. The maximum atomic E-state index is 12.6. The van der Waals surface area contributed by atoms with Gasteiger partial charge in [-0.05, 0) is 44.4 Å². The zero-order valence-electron chi connectivity index (χ0n) is 15.5. The van der Waals surface area contributed by atoms with Crippen molar-refractivity contribution in [2.24, 2.45) is 7.05 Å². The fourth-order valence-electron chi connectivity index (χ4n) is 2.80. The van der Waals surface area contributed by atoms with Gasteiger partial charge in [-0.25, -0.2) is 4.98 Å². The number of fused-ring (bicyclic) bond motifs is 1. The highest BCUT2D eigenvalue weighted by Gasteiger charge is 2.16. The fourth-order valence-corrected chi connectivity index (χ4v) is 4.64. The van der Waals surface area contributed by atoms with Crippen LogP contribution in [0.5, 0.6) is 0 Å². The lowest BCUT2D eigenvalue weighted by Gasteiger charge is -2.12. The number of nitrogens with one attached hydrogen (secondary N) is 1. The average Bonchev–Trinajstić information content (AvgIpc) is 2.87. The largest absolute Gasteiger partial charge is 0.325 e. The number of thioether (sulfide) groups is 1. The van der Waals surface area contributed by atoms with Crippen LogP contribution in [0.3, 0.4) is 0 Å². The molecular formula is C19H21N3O2S2. The van der Waals surface area contributed by atoms with E-state index in [1.165, 1.54) is 27.7 Å². The first-order valence-corrected chi connectivity index (χ1v) is 10.1. The Kier molecular flexibility index (Phi) is 5.20. The van der Waals surface area contributed by atoms with Crippen LogP contribution in [-0.2, 0) is 11.8 Å². The minimum absolute atomic E-state index is 0.0606. The molecule has 136 valence electrons. The number of amides is 1. The standard InChI is InChI=1S/C19H21N3O2S2/c1-10-7-6-8-11(2)16(10)20-14(23)9-25-19-21-17-15(18(24)22(19)5)12(3)13(4)26-17/h6-8H,9H2,1-5H3,(H,20,23). The molecule has 0 radical (unpaired) electrons. The third-order valence-corrected chi connectivity index (χ3v) is 6.58. The Hall–Kier alpha value is -2.12. The Morgan fingerprint density at radius 3 is 2.54 bits per heavy atom. The number of nitrogens with zero attached hydrogens (tertiary/aromatic N) is 2. The van der Waals surface area contributed by atoms with Crippen LogP contribution in [0.4, 0.5) is 5.69 Å². The van der Waals surface area contributed by atoms with Crippen LogP contribution in [0, 0.1) is 27.7 Å². The summed E-state index contributed by atoms with van der Waals surface area (Å²) >= 11 is 2.79. The van der Waals surface area contributed by atoms with Gasteiger partial charge in [-0.1, -0.05) is 30.0 Å². The summed E-state index contributed by atoms with van der Waals surface area (Å²) in [6.45, 7) is 7.88. The summed E-state index contributed by atoms with van der Waals surface area (Å²) in [7, 11) is 1.70. The fraction of sp³-hybridized carbons (Fsp3) is 0.316. The molecule has 0 saturated carbocycles. The molecule has 0 saturated heterocycles. The number of aryl methyl sites for hydroxylation is 4. The third-order valence-electron chi connectivity index (χ3n) is 4.45. The lowest BCUT2D eigenvalue weighted by molar-refractivity contribution is -0.113. The Morgan fingerprint density at radius 2 is 1.88 bits per heavy atom.